The lowest BCUT2D eigenvalue weighted by molar-refractivity contribution is -0.117. The van der Waals surface area contributed by atoms with Crippen LogP contribution < -0.4 is 21.7 Å². The number of anilines is 1. The number of benzene rings is 1. The van der Waals surface area contributed by atoms with E-state index in [9.17, 15) is 9.59 Å². The number of urea groups is 1. The zero-order chi connectivity index (χ0) is 15.0. The first-order valence-corrected chi connectivity index (χ1v) is 6.69. The molecule has 0 fully saturated rings. The third-order valence-electron chi connectivity index (χ3n) is 2.81. The molecule has 0 aliphatic rings. The van der Waals surface area contributed by atoms with Crippen LogP contribution in [0.1, 0.15) is 31.9 Å². The van der Waals surface area contributed by atoms with Crippen molar-refractivity contribution in [1.29, 1.82) is 0 Å². The molecule has 1 aromatic carbocycles. The highest BCUT2D eigenvalue weighted by atomic mass is 16.2. The average Bonchev–Trinajstić information content (AvgIpc) is 2.38. The van der Waals surface area contributed by atoms with Gasteiger partial charge in [-0.3, -0.25) is 4.79 Å². The van der Waals surface area contributed by atoms with E-state index in [1.807, 2.05) is 31.2 Å². The molecule has 110 valence electrons. The van der Waals surface area contributed by atoms with Crippen LogP contribution in [-0.2, 0) is 4.79 Å². The minimum absolute atomic E-state index is 0.130. The number of hydrogen-bond donors (Lipinski definition) is 4. The second-order valence-corrected chi connectivity index (χ2v) is 4.50. The van der Waals surface area contributed by atoms with Crippen molar-refractivity contribution >= 4 is 17.6 Å². The van der Waals surface area contributed by atoms with Crippen LogP contribution in [-0.4, -0.2) is 25.0 Å². The first-order chi connectivity index (χ1) is 9.52. The zero-order valence-electron chi connectivity index (χ0n) is 11.9. The van der Waals surface area contributed by atoms with E-state index in [-0.39, 0.29) is 25.0 Å². The fraction of sp³-hybridized carbons (Fsp3) is 0.429. The molecule has 0 heterocycles. The highest BCUT2D eigenvalue weighted by Gasteiger charge is 2.06. The Morgan fingerprint density at radius 3 is 2.75 bits per heavy atom. The van der Waals surface area contributed by atoms with Crippen LogP contribution in [0.25, 0.3) is 0 Å². The second kappa shape index (κ2) is 8.16. The molecule has 0 bridgehead atoms. The first-order valence-electron chi connectivity index (χ1n) is 6.69. The molecule has 0 aliphatic heterocycles. The number of amides is 3. The highest BCUT2D eigenvalue weighted by Crippen LogP contribution is 2.17. The molecule has 5 N–H and O–H groups in total. The van der Waals surface area contributed by atoms with Gasteiger partial charge in [-0.05, 0) is 31.2 Å². The Balaban J connectivity index is 2.53. The Labute approximate surface area is 119 Å². The standard InChI is InChI=1S/C14H22N4O2/c1-3-16-10(2)11-5-4-6-12(9-11)18-14(20)17-8-7-13(15)19/h4-6,9-10,16H,3,7-8H2,1-2H3,(H2,15,19)(H2,17,18,20). The highest BCUT2D eigenvalue weighted by molar-refractivity contribution is 5.89. The molecule has 0 saturated heterocycles. The van der Waals surface area contributed by atoms with Crippen LogP contribution in [0.5, 0.6) is 0 Å². The summed E-state index contributed by atoms with van der Waals surface area (Å²) in [5, 5.41) is 8.60. The van der Waals surface area contributed by atoms with Crippen molar-refractivity contribution in [3.05, 3.63) is 29.8 Å². The fourth-order valence-corrected chi connectivity index (χ4v) is 1.78. The maximum absolute atomic E-state index is 11.6. The van der Waals surface area contributed by atoms with Crippen LogP contribution in [0.3, 0.4) is 0 Å². The third kappa shape index (κ3) is 5.71. The van der Waals surface area contributed by atoms with Gasteiger partial charge in [-0.2, -0.15) is 0 Å². The second-order valence-electron chi connectivity index (χ2n) is 4.50. The van der Waals surface area contributed by atoms with E-state index in [0.717, 1.165) is 12.1 Å². The van der Waals surface area contributed by atoms with Crippen LogP contribution in [0.15, 0.2) is 24.3 Å². The lowest BCUT2D eigenvalue weighted by Crippen LogP contribution is -2.31. The van der Waals surface area contributed by atoms with Crippen LogP contribution in [0, 0.1) is 0 Å². The number of primary amides is 1. The Kier molecular flexibility index (Phi) is 6.52. The van der Waals surface area contributed by atoms with E-state index in [2.05, 4.69) is 22.9 Å². The van der Waals surface area contributed by atoms with Crippen molar-refractivity contribution in [2.24, 2.45) is 5.73 Å². The van der Waals surface area contributed by atoms with Gasteiger partial charge < -0.3 is 21.7 Å². The molecule has 1 rings (SSSR count). The minimum Gasteiger partial charge on any atom is -0.370 e. The van der Waals surface area contributed by atoms with E-state index in [1.54, 1.807) is 0 Å². The molecule has 20 heavy (non-hydrogen) atoms. The molecule has 0 radical (unpaired) electrons. The maximum Gasteiger partial charge on any atom is 0.319 e. The molecule has 1 atom stereocenters. The summed E-state index contributed by atoms with van der Waals surface area (Å²) in [7, 11) is 0. The third-order valence-corrected chi connectivity index (χ3v) is 2.81. The van der Waals surface area contributed by atoms with Gasteiger partial charge in [0.05, 0.1) is 0 Å². The maximum atomic E-state index is 11.6. The lowest BCUT2D eigenvalue weighted by atomic mass is 10.1. The normalized spacial score (nSPS) is 11.7. The monoisotopic (exact) mass is 278 g/mol. The molecule has 0 spiro atoms. The van der Waals surface area contributed by atoms with E-state index in [4.69, 9.17) is 5.73 Å². The fourth-order valence-electron chi connectivity index (χ4n) is 1.78. The topological polar surface area (TPSA) is 96.2 Å². The van der Waals surface area contributed by atoms with Crippen molar-refractivity contribution in [2.75, 3.05) is 18.4 Å². The van der Waals surface area contributed by atoms with Gasteiger partial charge in [0.25, 0.3) is 0 Å². The van der Waals surface area contributed by atoms with Gasteiger partial charge >= 0.3 is 6.03 Å². The number of carbonyl (C=O) groups is 2. The number of nitrogens with two attached hydrogens (primary N) is 1. The molecule has 0 saturated carbocycles. The van der Waals surface area contributed by atoms with E-state index < -0.39 is 5.91 Å². The lowest BCUT2D eigenvalue weighted by Gasteiger charge is -2.14. The molecule has 3 amide bonds. The van der Waals surface area contributed by atoms with Crippen LogP contribution in [0.2, 0.25) is 0 Å². The van der Waals surface area contributed by atoms with Gasteiger partial charge in [0.1, 0.15) is 0 Å². The Bertz CT molecular complexity index is 462. The molecule has 0 aliphatic carbocycles. The Hall–Kier alpha value is -2.08. The average molecular weight is 278 g/mol. The summed E-state index contributed by atoms with van der Waals surface area (Å²) in [5.41, 5.74) is 6.81. The molecular formula is C14H22N4O2. The predicted octanol–water partition coefficient (Wildman–Crippen LogP) is 1.35. The summed E-state index contributed by atoms with van der Waals surface area (Å²) in [6.45, 7) is 5.22. The molecule has 6 heteroatoms. The molecule has 1 unspecified atom stereocenters. The molecular weight excluding hydrogens is 256 g/mol. The van der Waals surface area contributed by atoms with Crippen LogP contribution in [0.4, 0.5) is 10.5 Å². The summed E-state index contributed by atoms with van der Waals surface area (Å²) in [6.07, 6.45) is 0.130. The van der Waals surface area contributed by atoms with Crippen molar-refractivity contribution in [3.63, 3.8) is 0 Å². The summed E-state index contributed by atoms with van der Waals surface area (Å²) in [5.74, 6) is -0.438. The van der Waals surface area contributed by atoms with Gasteiger partial charge in [0.15, 0.2) is 0 Å². The summed E-state index contributed by atoms with van der Waals surface area (Å²) in [4.78, 5) is 22.2. The summed E-state index contributed by atoms with van der Waals surface area (Å²) >= 11 is 0. The number of nitrogens with one attached hydrogen (secondary N) is 3. The van der Waals surface area contributed by atoms with Gasteiger partial charge in [-0.15, -0.1) is 0 Å². The minimum atomic E-state index is -0.438. The van der Waals surface area contributed by atoms with Gasteiger partial charge in [-0.25, -0.2) is 4.79 Å². The molecule has 6 nitrogen and oxygen atoms in total. The first kappa shape index (κ1) is 16.0. The van der Waals surface area contributed by atoms with Crippen molar-refractivity contribution < 1.29 is 9.59 Å². The van der Waals surface area contributed by atoms with E-state index in [1.165, 1.54) is 0 Å². The van der Waals surface area contributed by atoms with Gasteiger partial charge in [-0.1, -0.05) is 19.1 Å². The quantitative estimate of drug-likeness (QED) is 0.606. The van der Waals surface area contributed by atoms with E-state index >= 15 is 0 Å². The van der Waals surface area contributed by atoms with Gasteiger partial charge in [0.2, 0.25) is 5.91 Å². The van der Waals surface area contributed by atoms with Crippen molar-refractivity contribution in [1.82, 2.24) is 10.6 Å². The predicted molar refractivity (Wildman–Crippen MR) is 79.4 cm³/mol. The number of rotatable bonds is 7. The zero-order valence-corrected chi connectivity index (χ0v) is 11.9. The Morgan fingerprint density at radius 1 is 1.35 bits per heavy atom. The number of carbonyl (C=O) groups excluding carboxylic acids is 2. The summed E-state index contributed by atoms with van der Waals surface area (Å²) < 4.78 is 0. The smallest absolute Gasteiger partial charge is 0.319 e. The van der Waals surface area contributed by atoms with Crippen molar-refractivity contribution in [3.8, 4) is 0 Å². The SMILES string of the molecule is CCNC(C)c1cccc(NC(=O)NCCC(N)=O)c1. The number of hydrogen-bond acceptors (Lipinski definition) is 3. The molecule has 1 aromatic rings. The Morgan fingerprint density at radius 2 is 2.10 bits per heavy atom. The van der Waals surface area contributed by atoms with E-state index in [0.29, 0.717) is 5.69 Å². The largest absolute Gasteiger partial charge is 0.370 e. The molecule has 0 aromatic heterocycles. The summed E-state index contributed by atoms with van der Waals surface area (Å²) in [6, 6.07) is 7.50. The van der Waals surface area contributed by atoms with Crippen molar-refractivity contribution in [2.45, 2.75) is 26.3 Å². The van der Waals surface area contributed by atoms with Gasteiger partial charge in [0, 0.05) is 24.7 Å². The van der Waals surface area contributed by atoms with Crippen LogP contribution >= 0.6 is 0 Å².